The highest BCUT2D eigenvalue weighted by atomic mass is 16.6. The van der Waals surface area contributed by atoms with Crippen LogP contribution in [0.3, 0.4) is 0 Å². The quantitative estimate of drug-likeness (QED) is 0.565. The van der Waals surface area contributed by atoms with Crippen LogP contribution in [0.2, 0.25) is 0 Å². The van der Waals surface area contributed by atoms with Crippen LogP contribution in [0.25, 0.3) is 0 Å². The van der Waals surface area contributed by atoms with Gasteiger partial charge in [-0.05, 0) is 26.0 Å². The van der Waals surface area contributed by atoms with Gasteiger partial charge in [0.25, 0.3) is 0 Å². The summed E-state index contributed by atoms with van der Waals surface area (Å²) in [6.07, 6.45) is 0.546. The van der Waals surface area contributed by atoms with E-state index >= 15 is 0 Å². The molecule has 66 valence electrons. The Labute approximate surface area is 69.5 Å². The summed E-state index contributed by atoms with van der Waals surface area (Å²) in [4.78, 5) is 11.9. The number of aromatic nitrogens is 4. The van der Waals surface area contributed by atoms with Gasteiger partial charge in [0.15, 0.2) is 6.33 Å². The third-order valence-electron chi connectivity index (χ3n) is 0.906. The van der Waals surface area contributed by atoms with Gasteiger partial charge >= 0.3 is 6.09 Å². The van der Waals surface area contributed by atoms with Gasteiger partial charge in [0.1, 0.15) is 5.60 Å². The Hall–Kier alpha value is -1.46. The van der Waals surface area contributed by atoms with Crippen LogP contribution in [-0.2, 0) is 4.74 Å². The molecule has 0 aromatic carbocycles. The molecular weight excluding hydrogens is 160 g/mol. The summed E-state index contributed by atoms with van der Waals surface area (Å²) in [6.45, 7) is 5.30. The summed E-state index contributed by atoms with van der Waals surface area (Å²) in [5, 5.41) is 10.3. The van der Waals surface area contributed by atoms with Crippen molar-refractivity contribution in [1.29, 1.82) is 0 Å². The molecule has 0 N–H and O–H groups in total. The topological polar surface area (TPSA) is 69.9 Å². The molecule has 0 amide bonds. The van der Waals surface area contributed by atoms with Crippen LogP contribution >= 0.6 is 0 Å². The average molecular weight is 170 g/mol. The predicted molar refractivity (Wildman–Crippen MR) is 39.4 cm³/mol. The Balaban J connectivity index is 2.63. The molecule has 0 aliphatic heterocycles. The SMILES string of the molecule is CC(C)(C)OC(=O)n1ncnn1. The first kappa shape index (κ1) is 8.63. The van der Waals surface area contributed by atoms with Crippen molar-refractivity contribution in [2.75, 3.05) is 0 Å². The number of carbonyl (C=O) groups is 1. The fourth-order valence-electron chi connectivity index (χ4n) is 0.554. The van der Waals surface area contributed by atoms with Gasteiger partial charge in [-0.3, -0.25) is 0 Å². The molecule has 0 atom stereocenters. The fraction of sp³-hybridized carbons (Fsp3) is 0.667. The lowest BCUT2D eigenvalue weighted by atomic mass is 10.2. The minimum absolute atomic E-state index is 0.537. The minimum Gasteiger partial charge on any atom is -0.441 e. The summed E-state index contributed by atoms with van der Waals surface area (Å²) < 4.78 is 4.94. The molecule has 1 heterocycles. The normalized spacial score (nSPS) is 11.2. The molecule has 0 bridgehead atoms. The zero-order chi connectivity index (χ0) is 9.19. The number of hydrogen-bond donors (Lipinski definition) is 0. The van der Waals surface area contributed by atoms with Gasteiger partial charge in [0.2, 0.25) is 0 Å². The van der Waals surface area contributed by atoms with Crippen LogP contribution in [0.4, 0.5) is 4.79 Å². The summed E-state index contributed by atoms with van der Waals surface area (Å²) in [7, 11) is 0. The van der Waals surface area contributed by atoms with Crippen molar-refractivity contribution in [3.05, 3.63) is 6.33 Å². The molecule has 0 saturated carbocycles. The number of hydrogen-bond acceptors (Lipinski definition) is 5. The van der Waals surface area contributed by atoms with Crippen LogP contribution in [0.15, 0.2) is 6.33 Å². The van der Waals surface area contributed by atoms with Gasteiger partial charge < -0.3 is 4.74 Å². The van der Waals surface area contributed by atoms with Crippen molar-refractivity contribution in [2.24, 2.45) is 0 Å². The van der Waals surface area contributed by atoms with E-state index in [4.69, 9.17) is 4.74 Å². The van der Waals surface area contributed by atoms with Gasteiger partial charge in [-0.1, -0.05) is 4.80 Å². The average Bonchev–Trinajstić information content (AvgIpc) is 2.32. The van der Waals surface area contributed by atoms with Gasteiger partial charge in [-0.25, -0.2) is 4.79 Å². The number of carbonyl (C=O) groups excluding carboxylic acids is 1. The van der Waals surface area contributed by atoms with Crippen LogP contribution < -0.4 is 0 Å². The highest BCUT2D eigenvalue weighted by molar-refractivity contribution is 5.68. The van der Waals surface area contributed by atoms with Crippen molar-refractivity contribution < 1.29 is 9.53 Å². The first-order valence-corrected chi connectivity index (χ1v) is 3.45. The molecule has 1 aromatic rings. The molecule has 12 heavy (non-hydrogen) atoms. The maximum absolute atomic E-state index is 11.1. The zero-order valence-electron chi connectivity index (χ0n) is 7.18. The van der Waals surface area contributed by atoms with E-state index in [0.717, 1.165) is 4.80 Å². The monoisotopic (exact) mass is 170 g/mol. The van der Waals surface area contributed by atoms with Crippen molar-refractivity contribution in [3.8, 4) is 0 Å². The number of nitrogens with zero attached hydrogens (tertiary/aromatic N) is 4. The summed E-state index contributed by atoms with van der Waals surface area (Å²) >= 11 is 0. The van der Waals surface area contributed by atoms with Gasteiger partial charge in [-0.2, -0.15) is 0 Å². The summed E-state index contributed by atoms with van der Waals surface area (Å²) in [5.74, 6) is 0. The molecule has 6 heteroatoms. The van der Waals surface area contributed by atoms with Crippen molar-refractivity contribution >= 4 is 6.09 Å². The van der Waals surface area contributed by atoms with E-state index in [2.05, 4.69) is 15.4 Å². The van der Waals surface area contributed by atoms with E-state index in [-0.39, 0.29) is 0 Å². The third-order valence-corrected chi connectivity index (χ3v) is 0.906. The molecule has 0 spiro atoms. The Bertz CT molecular complexity index is 262. The van der Waals surface area contributed by atoms with E-state index in [1.807, 2.05) is 0 Å². The highest BCUT2D eigenvalue weighted by Gasteiger charge is 2.18. The van der Waals surface area contributed by atoms with E-state index in [1.54, 1.807) is 20.8 Å². The van der Waals surface area contributed by atoms with Gasteiger partial charge in [0.05, 0.1) is 0 Å². The van der Waals surface area contributed by atoms with Gasteiger partial charge in [0, 0.05) is 0 Å². The van der Waals surface area contributed by atoms with E-state index in [9.17, 15) is 4.79 Å². The van der Waals surface area contributed by atoms with Crippen LogP contribution in [0.5, 0.6) is 0 Å². The summed E-state index contributed by atoms with van der Waals surface area (Å²) in [6, 6.07) is 0. The maximum Gasteiger partial charge on any atom is 0.454 e. The smallest absolute Gasteiger partial charge is 0.441 e. The van der Waals surface area contributed by atoms with Crippen LogP contribution in [-0.4, -0.2) is 31.9 Å². The third kappa shape index (κ3) is 2.30. The van der Waals surface area contributed by atoms with Crippen molar-refractivity contribution in [3.63, 3.8) is 0 Å². The number of rotatable bonds is 0. The van der Waals surface area contributed by atoms with Crippen molar-refractivity contribution in [1.82, 2.24) is 20.2 Å². The second-order valence-corrected chi connectivity index (χ2v) is 3.21. The molecule has 6 nitrogen and oxygen atoms in total. The largest absolute Gasteiger partial charge is 0.454 e. The Kier molecular flexibility index (Phi) is 2.07. The van der Waals surface area contributed by atoms with Crippen molar-refractivity contribution in [2.45, 2.75) is 26.4 Å². The second-order valence-electron chi connectivity index (χ2n) is 3.21. The predicted octanol–water partition coefficient (Wildman–Crippen LogP) is 0.456. The molecule has 0 unspecified atom stereocenters. The lowest BCUT2D eigenvalue weighted by Crippen LogP contribution is -2.28. The molecule has 0 aliphatic carbocycles. The molecule has 1 aromatic heterocycles. The highest BCUT2D eigenvalue weighted by Crippen LogP contribution is 2.07. The second kappa shape index (κ2) is 2.88. The molecule has 0 aliphatic rings. The van der Waals surface area contributed by atoms with Crippen LogP contribution in [0, 0.1) is 0 Å². The Morgan fingerprint density at radius 2 is 2.17 bits per heavy atom. The minimum atomic E-state index is -0.625. The first-order valence-electron chi connectivity index (χ1n) is 3.45. The van der Waals surface area contributed by atoms with Gasteiger partial charge in [-0.15, -0.1) is 10.2 Å². The zero-order valence-corrected chi connectivity index (χ0v) is 7.18. The molecule has 0 radical (unpaired) electrons. The summed E-state index contributed by atoms with van der Waals surface area (Å²) in [5.41, 5.74) is -0.537. The molecular formula is C6H10N4O2. The van der Waals surface area contributed by atoms with Crippen LogP contribution in [0.1, 0.15) is 20.8 Å². The van der Waals surface area contributed by atoms with E-state index < -0.39 is 11.7 Å². The maximum atomic E-state index is 11.1. The molecule has 0 saturated heterocycles. The molecule has 1 rings (SSSR count). The standard InChI is InChI=1S/C6H10N4O2/c1-6(2,3)12-5(11)10-8-4-7-9-10/h4H,1-3H3. The van der Waals surface area contributed by atoms with E-state index in [1.165, 1.54) is 6.33 Å². The number of tetrazole rings is 1. The molecule has 0 fully saturated rings. The van der Waals surface area contributed by atoms with E-state index in [0.29, 0.717) is 0 Å². The first-order chi connectivity index (χ1) is 5.49. The fourth-order valence-corrected chi connectivity index (χ4v) is 0.554. The lowest BCUT2D eigenvalue weighted by molar-refractivity contribution is 0.0485. The lowest BCUT2D eigenvalue weighted by Gasteiger charge is -2.17. The number of ether oxygens (including phenoxy) is 1. The Morgan fingerprint density at radius 3 is 2.58 bits per heavy atom. The Morgan fingerprint density at radius 1 is 1.50 bits per heavy atom.